The first-order valence-corrected chi connectivity index (χ1v) is 11.3. The van der Waals surface area contributed by atoms with E-state index >= 15 is 0 Å². The van der Waals surface area contributed by atoms with Gasteiger partial charge in [0.15, 0.2) is 0 Å². The summed E-state index contributed by atoms with van der Waals surface area (Å²) in [7, 11) is 0. The third-order valence-electron chi connectivity index (χ3n) is 6.55. The number of hydrogen-bond donors (Lipinski definition) is 1. The van der Waals surface area contributed by atoms with E-state index in [1.807, 2.05) is 43.3 Å². The molecule has 1 aliphatic rings. The molecular weight excluding hydrogens is 419 g/mol. The van der Waals surface area contributed by atoms with Gasteiger partial charge in [-0.3, -0.25) is 14.3 Å². The largest absolute Gasteiger partial charge is 0.369 e. The number of hydrogen-bond acceptors (Lipinski definition) is 3. The molecule has 7 heteroatoms. The zero-order valence-electron chi connectivity index (χ0n) is 18.8. The van der Waals surface area contributed by atoms with Gasteiger partial charge in [-0.05, 0) is 61.1 Å². The molecular formula is C26H29FN4O2. The summed E-state index contributed by atoms with van der Waals surface area (Å²) in [6.07, 6.45) is 3.84. The minimum absolute atomic E-state index is 0.00346. The van der Waals surface area contributed by atoms with Gasteiger partial charge in [0.05, 0.1) is 5.41 Å². The van der Waals surface area contributed by atoms with E-state index in [1.54, 1.807) is 21.8 Å². The number of benzene rings is 2. The molecule has 6 nitrogen and oxygen atoms in total. The number of amides is 2. The molecule has 0 bridgehead atoms. The van der Waals surface area contributed by atoms with Crippen LogP contribution in [0.1, 0.15) is 30.5 Å². The number of primary amides is 1. The molecule has 0 radical (unpaired) electrons. The van der Waals surface area contributed by atoms with Crippen LogP contribution in [0, 0.1) is 18.2 Å². The Hall–Kier alpha value is -3.48. The summed E-state index contributed by atoms with van der Waals surface area (Å²) in [5.74, 6) is -0.680. The lowest BCUT2D eigenvalue weighted by Crippen LogP contribution is -2.53. The molecule has 2 amide bonds. The molecule has 0 aliphatic carbocycles. The van der Waals surface area contributed by atoms with Crippen molar-refractivity contribution in [1.82, 2.24) is 14.7 Å². The van der Waals surface area contributed by atoms with E-state index in [2.05, 4.69) is 5.10 Å². The fourth-order valence-corrected chi connectivity index (χ4v) is 4.69. The number of carbonyl (C=O) groups excluding carboxylic acids is 2. The van der Waals surface area contributed by atoms with Crippen molar-refractivity contribution >= 4 is 11.8 Å². The summed E-state index contributed by atoms with van der Waals surface area (Å²) >= 11 is 0. The van der Waals surface area contributed by atoms with Gasteiger partial charge in [0.25, 0.3) is 0 Å². The highest BCUT2D eigenvalue weighted by Gasteiger charge is 2.42. The van der Waals surface area contributed by atoms with Crippen molar-refractivity contribution in [1.29, 1.82) is 0 Å². The summed E-state index contributed by atoms with van der Waals surface area (Å²) in [5, 5.41) is 4.23. The Balaban J connectivity index is 1.50. The van der Waals surface area contributed by atoms with Crippen LogP contribution in [0.15, 0.2) is 60.8 Å². The third-order valence-corrected chi connectivity index (χ3v) is 6.55. The first-order chi connectivity index (χ1) is 15.9. The Morgan fingerprint density at radius 2 is 1.88 bits per heavy atom. The van der Waals surface area contributed by atoms with Gasteiger partial charge in [-0.15, -0.1) is 0 Å². The van der Waals surface area contributed by atoms with Crippen molar-refractivity contribution < 1.29 is 14.0 Å². The topological polar surface area (TPSA) is 81.2 Å². The highest BCUT2D eigenvalue weighted by molar-refractivity contribution is 5.83. The average Bonchev–Trinajstić information content (AvgIpc) is 3.22. The molecule has 33 heavy (non-hydrogen) atoms. The van der Waals surface area contributed by atoms with Gasteiger partial charge in [0.1, 0.15) is 5.82 Å². The van der Waals surface area contributed by atoms with Gasteiger partial charge in [0.2, 0.25) is 11.8 Å². The second-order valence-electron chi connectivity index (χ2n) is 8.90. The molecule has 1 atom stereocenters. The van der Waals surface area contributed by atoms with Crippen LogP contribution in [0.25, 0.3) is 11.1 Å². The molecule has 3 aromatic rings. The second-order valence-corrected chi connectivity index (χ2v) is 8.90. The SMILES string of the molecule is Cc1ccnn1CCC(=O)N1CCC[C@@](Cc2cccc(-c3cccc(F)c3)c2)(C(N)=O)C1. The van der Waals surface area contributed by atoms with Gasteiger partial charge >= 0.3 is 0 Å². The van der Waals surface area contributed by atoms with E-state index < -0.39 is 5.41 Å². The van der Waals surface area contributed by atoms with E-state index in [0.717, 1.165) is 28.8 Å². The minimum atomic E-state index is -0.823. The van der Waals surface area contributed by atoms with Crippen LogP contribution < -0.4 is 5.73 Å². The number of nitrogens with zero attached hydrogens (tertiary/aromatic N) is 3. The summed E-state index contributed by atoms with van der Waals surface area (Å²) in [5.41, 5.74) is 8.69. The number of aryl methyl sites for hydroxylation is 2. The molecule has 0 unspecified atom stereocenters. The van der Waals surface area contributed by atoms with Gasteiger partial charge < -0.3 is 10.6 Å². The maximum Gasteiger partial charge on any atom is 0.225 e. The summed E-state index contributed by atoms with van der Waals surface area (Å²) in [6, 6.07) is 16.1. The molecule has 2 heterocycles. The molecule has 0 spiro atoms. The van der Waals surface area contributed by atoms with Gasteiger partial charge in [-0.2, -0.15) is 5.10 Å². The Morgan fingerprint density at radius 3 is 2.58 bits per heavy atom. The van der Waals surface area contributed by atoms with Crippen molar-refractivity contribution in [3.63, 3.8) is 0 Å². The van der Waals surface area contributed by atoms with Crippen molar-refractivity contribution in [3.8, 4) is 11.1 Å². The predicted octanol–water partition coefficient (Wildman–Crippen LogP) is 3.72. The Labute approximate surface area is 193 Å². The molecule has 2 N–H and O–H groups in total. The molecule has 1 aliphatic heterocycles. The van der Waals surface area contributed by atoms with E-state index in [4.69, 9.17) is 5.73 Å². The molecule has 0 saturated carbocycles. The van der Waals surface area contributed by atoms with Gasteiger partial charge in [0, 0.05) is 37.9 Å². The number of likely N-dealkylation sites (tertiary alicyclic amines) is 1. The predicted molar refractivity (Wildman–Crippen MR) is 125 cm³/mol. The first kappa shape index (κ1) is 22.7. The van der Waals surface area contributed by atoms with Crippen LogP contribution in [-0.2, 0) is 22.6 Å². The number of rotatable bonds is 7. The van der Waals surface area contributed by atoms with Crippen molar-refractivity contribution in [2.24, 2.45) is 11.1 Å². The van der Waals surface area contributed by atoms with Crippen LogP contribution in [0.5, 0.6) is 0 Å². The van der Waals surface area contributed by atoms with Crippen molar-refractivity contribution in [2.75, 3.05) is 13.1 Å². The smallest absolute Gasteiger partial charge is 0.225 e. The summed E-state index contributed by atoms with van der Waals surface area (Å²) < 4.78 is 15.5. The highest BCUT2D eigenvalue weighted by Crippen LogP contribution is 2.35. The Morgan fingerprint density at radius 1 is 1.12 bits per heavy atom. The van der Waals surface area contributed by atoms with Crippen molar-refractivity contribution in [2.45, 2.75) is 39.2 Å². The third kappa shape index (κ3) is 5.13. The number of halogens is 1. The standard InChI is InChI=1S/C26H29FN4O2/c1-19-9-12-29-31(19)14-10-24(32)30-13-4-11-26(18-30,25(28)33)17-20-5-2-6-21(15-20)22-7-3-8-23(27)16-22/h2-3,5-9,12,15-16H,4,10-11,13-14,17-18H2,1H3,(H2,28,33)/t26-/m0/s1. The summed E-state index contributed by atoms with van der Waals surface area (Å²) in [6.45, 7) is 3.39. The van der Waals surface area contributed by atoms with Gasteiger partial charge in [-0.25, -0.2) is 4.39 Å². The minimum Gasteiger partial charge on any atom is -0.369 e. The zero-order valence-corrected chi connectivity index (χ0v) is 18.8. The Bertz CT molecular complexity index is 1160. The van der Waals surface area contributed by atoms with Crippen LogP contribution in [0.4, 0.5) is 4.39 Å². The number of piperidine rings is 1. The molecule has 1 saturated heterocycles. The lowest BCUT2D eigenvalue weighted by Gasteiger charge is -2.41. The van der Waals surface area contributed by atoms with Gasteiger partial charge in [-0.1, -0.05) is 36.4 Å². The number of aromatic nitrogens is 2. The average molecular weight is 449 g/mol. The number of nitrogens with two attached hydrogens (primary N) is 1. The second kappa shape index (κ2) is 9.57. The number of carbonyl (C=O) groups is 2. The monoisotopic (exact) mass is 448 g/mol. The summed E-state index contributed by atoms with van der Waals surface area (Å²) in [4.78, 5) is 27.4. The fraction of sp³-hybridized carbons (Fsp3) is 0.346. The normalized spacial score (nSPS) is 18.3. The molecule has 2 aromatic carbocycles. The lowest BCUT2D eigenvalue weighted by molar-refractivity contribution is -0.140. The van der Waals surface area contributed by atoms with Crippen LogP contribution in [-0.4, -0.2) is 39.6 Å². The van der Waals surface area contributed by atoms with E-state index in [1.165, 1.54) is 12.1 Å². The van der Waals surface area contributed by atoms with E-state index in [9.17, 15) is 14.0 Å². The molecule has 1 fully saturated rings. The maximum atomic E-state index is 13.7. The zero-order chi connectivity index (χ0) is 23.4. The lowest BCUT2D eigenvalue weighted by atomic mass is 9.74. The van der Waals surface area contributed by atoms with Crippen LogP contribution >= 0.6 is 0 Å². The molecule has 172 valence electrons. The molecule has 1 aromatic heterocycles. The van der Waals surface area contributed by atoms with Crippen LogP contribution in [0.3, 0.4) is 0 Å². The first-order valence-electron chi connectivity index (χ1n) is 11.3. The Kier molecular flexibility index (Phi) is 6.58. The highest BCUT2D eigenvalue weighted by atomic mass is 19.1. The maximum absolute atomic E-state index is 13.7. The van der Waals surface area contributed by atoms with Crippen molar-refractivity contribution in [3.05, 3.63) is 77.9 Å². The molecule has 4 rings (SSSR count). The quantitative estimate of drug-likeness (QED) is 0.598. The fourth-order valence-electron chi connectivity index (χ4n) is 4.69. The van der Waals surface area contributed by atoms with E-state index in [0.29, 0.717) is 38.9 Å². The van der Waals surface area contributed by atoms with E-state index in [-0.39, 0.29) is 17.6 Å². The van der Waals surface area contributed by atoms with Crippen LogP contribution in [0.2, 0.25) is 0 Å².